The predicted molar refractivity (Wildman–Crippen MR) is 196 cm³/mol. The summed E-state index contributed by atoms with van der Waals surface area (Å²) in [6.45, 7) is 1.95. The number of carboxylic acid groups (broad SMARTS) is 1. The lowest BCUT2D eigenvalue weighted by Crippen LogP contribution is -2.46. The molecular formula is C43H35N3O2. The van der Waals surface area contributed by atoms with E-state index in [4.69, 9.17) is 0 Å². The van der Waals surface area contributed by atoms with Crippen molar-refractivity contribution >= 4 is 27.8 Å². The molecule has 0 radical (unpaired) electrons. The fourth-order valence-corrected chi connectivity index (χ4v) is 5.48. The zero-order chi connectivity index (χ0) is 33.2. The van der Waals surface area contributed by atoms with Gasteiger partial charge in [-0.15, -0.1) is 0 Å². The van der Waals surface area contributed by atoms with Crippen LogP contribution in [0.1, 0.15) is 11.1 Å². The number of rotatable bonds is 4. The third-order valence-electron chi connectivity index (χ3n) is 8.01. The number of aliphatic carboxylic acids is 1. The Morgan fingerprint density at radius 2 is 1.10 bits per heavy atom. The smallest absolute Gasteiger partial charge is 0.338 e. The van der Waals surface area contributed by atoms with Crippen molar-refractivity contribution in [2.24, 2.45) is 0 Å². The molecule has 0 fully saturated rings. The number of fused-ring (bicyclic) bond motifs is 2. The molecule has 5 heteroatoms. The fourth-order valence-electron chi connectivity index (χ4n) is 5.48. The Labute approximate surface area is 280 Å². The first-order valence-corrected chi connectivity index (χ1v) is 15.8. The summed E-state index contributed by atoms with van der Waals surface area (Å²) in [7, 11) is 0. The number of hydrogen-bond acceptors (Lipinski definition) is 4. The molecule has 1 aliphatic heterocycles. The lowest BCUT2D eigenvalue weighted by molar-refractivity contribution is -0.142. The maximum absolute atomic E-state index is 11.4. The molecule has 0 saturated carbocycles. The minimum atomic E-state index is -1.14. The Balaban J connectivity index is 0.000000125. The van der Waals surface area contributed by atoms with Crippen LogP contribution < -0.4 is 5.32 Å². The van der Waals surface area contributed by atoms with E-state index in [0.717, 1.165) is 44.7 Å². The number of allylic oxidation sites excluding steroid dienone is 2. The number of pyridine rings is 2. The van der Waals surface area contributed by atoms with Gasteiger partial charge in [0.15, 0.2) is 5.54 Å². The number of carboxylic acids is 1. The maximum atomic E-state index is 11.4. The number of nitrogens with one attached hydrogen (secondary N) is 1. The summed E-state index contributed by atoms with van der Waals surface area (Å²) in [6.07, 6.45) is 6.82. The molecule has 2 N–H and O–H groups in total. The summed E-state index contributed by atoms with van der Waals surface area (Å²) >= 11 is 0. The lowest BCUT2D eigenvalue weighted by Gasteiger charge is -2.29. The normalized spacial score (nSPS) is 14.6. The van der Waals surface area contributed by atoms with Crippen LogP contribution in [0.3, 0.4) is 0 Å². The van der Waals surface area contributed by atoms with Crippen LogP contribution >= 0.6 is 0 Å². The predicted octanol–water partition coefficient (Wildman–Crippen LogP) is 9.75. The molecule has 2 aromatic heterocycles. The van der Waals surface area contributed by atoms with Gasteiger partial charge in [-0.25, -0.2) is 14.8 Å². The summed E-state index contributed by atoms with van der Waals surface area (Å²) < 4.78 is 0. The van der Waals surface area contributed by atoms with Crippen molar-refractivity contribution in [2.75, 3.05) is 0 Å². The van der Waals surface area contributed by atoms with Gasteiger partial charge in [-0.3, -0.25) is 0 Å². The van der Waals surface area contributed by atoms with Gasteiger partial charge in [0.05, 0.1) is 22.4 Å². The second kappa shape index (κ2) is 14.8. The Bertz CT molecular complexity index is 2100. The van der Waals surface area contributed by atoms with Crippen molar-refractivity contribution in [3.63, 3.8) is 0 Å². The zero-order valence-electron chi connectivity index (χ0n) is 26.6. The molecule has 1 unspecified atom stereocenters. The van der Waals surface area contributed by atoms with Crippen molar-refractivity contribution in [1.29, 1.82) is 0 Å². The molecule has 0 spiro atoms. The second-order valence-electron chi connectivity index (χ2n) is 11.4. The van der Waals surface area contributed by atoms with Crippen LogP contribution in [0.4, 0.5) is 0 Å². The van der Waals surface area contributed by atoms with Crippen LogP contribution in [0.15, 0.2) is 182 Å². The highest BCUT2D eigenvalue weighted by atomic mass is 16.4. The molecule has 3 heterocycles. The molecule has 1 atom stereocenters. The van der Waals surface area contributed by atoms with Crippen molar-refractivity contribution in [3.05, 3.63) is 193 Å². The number of nitrogens with zero attached hydrogens (tertiary/aromatic N) is 2. The van der Waals surface area contributed by atoms with E-state index < -0.39 is 11.5 Å². The lowest BCUT2D eigenvalue weighted by atomic mass is 9.87. The van der Waals surface area contributed by atoms with Crippen LogP contribution in [-0.4, -0.2) is 21.0 Å². The van der Waals surface area contributed by atoms with E-state index in [2.05, 4.69) is 75.9 Å². The third kappa shape index (κ3) is 7.38. The summed E-state index contributed by atoms with van der Waals surface area (Å²) in [4.78, 5) is 20.7. The van der Waals surface area contributed by atoms with Gasteiger partial charge in [0.2, 0.25) is 0 Å². The SMILES string of the molecule is Cc1cccc(C2(C(=O)O)C=CC=CN2)c1.c1ccc(-c2ccc3ccccc3n2)cc1.c1ccc(-c2ccc3ccccc3n2)cc1. The first kappa shape index (κ1) is 31.6. The number of hydrogen-bond donors (Lipinski definition) is 2. The summed E-state index contributed by atoms with van der Waals surface area (Å²) in [5, 5.41) is 14.7. The quantitative estimate of drug-likeness (QED) is 0.204. The van der Waals surface area contributed by atoms with Gasteiger partial charge in [-0.1, -0.05) is 145 Å². The van der Waals surface area contributed by atoms with Crippen LogP contribution in [0.5, 0.6) is 0 Å². The molecule has 7 aromatic rings. The van der Waals surface area contributed by atoms with Gasteiger partial charge in [-0.05, 0) is 55.1 Å². The van der Waals surface area contributed by atoms with Gasteiger partial charge < -0.3 is 10.4 Å². The van der Waals surface area contributed by atoms with Crippen molar-refractivity contribution in [2.45, 2.75) is 12.5 Å². The minimum Gasteiger partial charge on any atom is -0.479 e. The Morgan fingerprint density at radius 3 is 1.58 bits per heavy atom. The molecule has 1 aliphatic rings. The average molecular weight is 626 g/mol. The fraction of sp³-hybridized carbons (Fsp3) is 0.0465. The van der Waals surface area contributed by atoms with Crippen molar-refractivity contribution < 1.29 is 9.90 Å². The zero-order valence-corrected chi connectivity index (χ0v) is 26.6. The molecule has 5 aromatic carbocycles. The Morgan fingerprint density at radius 1 is 0.583 bits per heavy atom. The number of aromatic nitrogens is 2. The van der Waals surface area contributed by atoms with Gasteiger partial charge in [0, 0.05) is 21.9 Å². The first-order valence-electron chi connectivity index (χ1n) is 15.8. The van der Waals surface area contributed by atoms with E-state index in [-0.39, 0.29) is 0 Å². The number of aryl methyl sites for hydroxylation is 1. The minimum absolute atomic E-state index is 0.737. The van der Waals surface area contributed by atoms with Crippen molar-refractivity contribution in [3.8, 4) is 22.5 Å². The average Bonchev–Trinajstić information content (AvgIpc) is 3.16. The summed E-state index contributed by atoms with van der Waals surface area (Å²) in [5.41, 5.74) is 7.11. The van der Waals surface area contributed by atoms with E-state index in [9.17, 15) is 9.90 Å². The number of carbonyl (C=O) groups is 1. The highest BCUT2D eigenvalue weighted by Crippen LogP contribution is 2.26. The highest BCUT2D eigenvalue weighted by molar-refractivity contribution is 5.84. The third-order valence-corrected chi connectivity index (χ3v) is 8.01. The van der Waals surface area contributed by atoms with Gasteiger partial charge in [0.25, 0.3) is 0 Å². The second-order valence-corrected chi connectivity index (χ2v) is 11.4. The number of para-hydroxylation sites is 2. The van der Waals surface area contributed by atoms with E-state index in [1.807, 2.05) is 104 Å². The molecule has 0 bridgehead atoms. The number of dihydropyridines is 1. The van der Waals surface area contributed by atoms with Gasteiger partial charge in [-0.2, -0.15) is 0 Å². The molecule has 0 amide bonds. The van der Waals surface area contributed by atoms with Gasteiger partial charge >= 0.3 is 5.97 Å². The Kier molecular flexibility index (Phi) is 9.78. The molecule has 48 heavy (non-hydrogen) atoms. The first-order chi connectivity index (χ1) is 23.5. The highest BCUT2D eigenvalue weighted by Gasteiger charge is 2.37. The van der Waals surface area contributed by atoms with Crippen LogP contribution in [0.2, 0.25) is 0 Å². The van der Waals surface area contributed by atoms with E-state index in [1.165, 1.54) is 10.8 Å². The van der Waals surface area contributed by atoms with E-state index in [1.54, 1.807) is 24.4 Å². The monoisotopic (exact) mass is 625 g/mol. The molecule has 5 nitrogen and oxygen atoms in total. The molecule has 0 saturated heterocycles. The molecule has 234 valence electrons. The van der Waals surface area contributed by atoms with Crippen LogP contribution in [0.25, 0.3) is 44.3 Å². The standard InChI is InChI=1S/2C15H11N.C13H13NO2/c2*1-2-6-12(7-3-1)15-11-10-13-8-4-5-9-14(13)16-15;1-10-5-4-6-11(9-10)13(12(15)16)7-2-3-8-14-13/h2*1-11H;2-9,14H,1H3,(H,15,16). The van der Waals surface area contributed by atoms with Crippen molar-refractivity contribution in [1.82, 2.24) is 15.3 Å². The topological polar surface area (TPSA) is 75.1 Å². The molecular weight excluding hydrogens is 590 g/mol. The molecule has 0 aliphatic carbocycles. The Hall–Kier alpha value is -6.33. The van der Waals surface area contributed by atoms with Gasteiger partial charge in [0.1, 0.15) is 0 Å². The van der Waals surface area contributed by atoms with Crippen LogP contribution in [0, 0.1) is 6.92 Å². The summed E-state index contributed by atoms with van der Waals surface area (Å²) in [5.74, 6) is -0.904. The number of benzene rings is 5. The maximum Gasteiger partial charge on any atom is 0.338 e. The summed E-state index contributed by atoms with van der Waals surface area (Å²) in [6, 6.07) is 52.7. The molecule has 8 rings (SSSR count). The van der Waals surface area contributed by atoms with Crippen LogP contribution in [-0.2, 0) is 10.3 Å². The van der Waals surface area contributed by atoms with E-state index in [0.29, 0.717) is 0 Å². The van der Waals surface area contributed by atoms with E-state index >= 15 is 0 Å². The largest absolute Gasteiger partial charge is 0.479 e.